The van der Waals surface area contributed by atoms with Gasteiger partial charge in [-0.2, -0.15) is 0 Å². The van der Waals surface area contributed by atoms with E-state index >= 15 is 0 Å². The van der Waals surface area contributed by atoms with E-state index < -0.39 is 10.0 Å². The molecular weight excluding hydrogens is 360 g/mol. The van der Waals surface area contributed by atoms with E-state index in [9.17, 15) is 13.2 Å². The van der Waals surface area contributed by atoms with Gasteiger partial charge in [0.1, 0.15) is 0 Å². The van der Waals surface area contributed by atoms with Crippen LogP contribution in [0.25, 0.3) is 6.08 Å². The number of halogens is 1. The monoisotopic (exact) mass is 376 g/mol. The van der Waals surface area contributed by atoms with Crippen LogP contribution in [-0.4, -0.2) is 20.4 Å². The van der Waals surface area contributed by atoms with Crippen molar-refractivity contribution in [3.63, 3.8) is 0 Å². The molecule has 0 aromatic heterocycles. The third kappa shape index (κ3) is 5.08. The first-order chi connectivity index (χ1) is 11.9. The van der Waals surface area contributed by atoms with Gasteiger partial charge in [-0.25, -0.2) is 8.42 Å². The second-order valence-corrected chi connectivity index (χ2v) is 7.80. The molecule has 0 bridgehead atoms. The van der Waals surface area contributed by atoms with Crippen molar-refractivity contribution in [3.05, 3.63) is 70.1 Å². The number of benzene rings is 2. The second-order valence-electron chi connectivity index (χ2n) is 5.79. The number of hydrogen-bond donors (Lipinski definition) is 2. The van der Waals surface area contributed by atoms with Gasteiger partial charge >= 0.3 is 0 Å². The van der Waals surface area contributed by atoms with E-state index in [-0.39, 0.29) is 17.6 Å². The first kappa shape index (κ1) is 17.5. The molecule has 0 saturated heterocycles. The lowest BCUT2D eigenvalue weighted by atomic mass is 10.1. The Hall–Kier alpha value is -2.31. The molecule has 2 aromatic carbocycles. The highest BCUT2D eigenvalue weighted by atomic mass is 35.5. The number of anilines is 1. The summed E-state index contributed by atoms with van der Waals surface area (Å²) in [5, 5.41) is 4.49. The first-order valence-electron chi connectivity index (χ1n) is 7.79. The van der Waals surface area contributed by atoms with E-state index in [1.54, 1.807) is 48.5 Å². The summed E-state index contributed by atoms with van der Waals surface area (Å²) < 4.78 is 27.0. The van der Waals surface area contributed by atoms with Crippen molar-refractivity contribution < 1.29 is 13.2 Å². The van der Waals surface area contributed by atoms with Crippen molar-refractivity contribution >= 4 is 39.3 Å². The average Bonchev–Trinajstić information content (AvgIpc) is 3.38. The van der Waals surface area contributed by atoms with Crippen LogP contribution in [-0.2, 0) is 10.0 Å². The van der Waals surface area contributed by atoms with Crippen LogP contribution in [0.15, 0.2) is 53.9 Å². The number of sulfonamides is 1. The molecule has 5 nitrogen and oxygen atoms in total. The van der Waals surface area contributed by atoms with Crippen molar-refractivity contribution in [1.82, 2.24) is 5.32 Å². The molecule has 25 heavy (non-hydrogen) atoms. The molecule has 2 N–H and O–H groups in total. The number of rotatable bonds is 6. The molecule has 7 heteroatoms. The minimum absolute atomic E-state index is 0.196. The second kappa shape index (κ2) is 7.29. The number of nitrogens with one attached hydrogen (secondary N) is 2. The Bertz CT molecular complexity index is 904. The molecule has 0 radical (unpaired) electrons. The van der Waals surface area contributed by atoms with Crippen LogP contribution in [0.5, 0.6) is 0 Å². The quantitative estimate of drug-likeness (QED) is 0.808. The van der Waals surface area contributed by atoms with E-state index in [0.717, 1.165) is 18.2 Å². The molecule has 2 aromatic rings. The predicted octanol–water partition coefficient (Wildman–Crippen LogP) is 3.64. The van der Waals surface area contributed by atoms with Gasteiger partial charge in [0.2, 0.25) is 0 Å². The fourth-order valence-electron chi connectivity index (χ4n) is 2.19. The summed E-state index contributed by atoms with van der Waals surface area (Å²) in [4.78, 5) is 12.2. The maximum absolute atomic E-state index is 12.3. The van der Waals surface area contributed by atoms with Crippen LogP contribution < -0.4 is 10.0 Å². The molecule has 0 heterocycles. The van der Waals surface area contributed by atoms with Gasteiger partial charge < -0.3 is 5.32 Å². The highest BCUT2D eigenvalue weighted by Gasteiger charge is 2.25. The summed E-state index contributed by atoms with van der Waals surface area (Å²) in [5.41, 5.74) is 1.26. The van der Waals surface area contributed by atoms with E-state index in [1.165, 1.54) is 6.08 Å². The molecule has 1 amide bonds. The van der Waals surface area contributed by atoms with E-state index in [0.29, 0.717) is 16.1 Å². The van der Waals surface area contributed by atoms with Gasteiger partial charge in [-0.3, -0.25) is 9.52 Å². The van der Waals surface area contributed by atoms with E-state index in [1.807, 2.05) is 0 Å². The number of amides is 1. The van der Waals surface area contributed by atoms with Gasteiger partial charge in [-0.1, -0.05) is 35.9 Å². The predicted molar refractivity (Wildman–Crippen MR) is 100.0 cm³/mol. The normalized spacial score (nSPS) is 14.4. The van der Waals surface area contributed by atoms with E-state index in [2.05, 4.69) is 10.0 Å². The van der Waals surface area contributed by atoms with Crippen LogP contribution in [0.4, 0.5) is 5.69 Å². The summed E-state index contributed by atoms with van der Waals surface area (Å²) in [7, 11) is -3.76. The summed E-state index contributed by atoms with van der Waals surface area (Å²) >= 11 is 5.80. The molecule has 3 rings (SSSR count). The number of para-hydroxylation sites is 1. The van der Waals surface area contributed by atoms with Crippen molar-refractivity contribution in [2.24, 2.45) is 0 Å². The molecule has 0 aliphatic heterocycles. The third-order valence-corrected chi connectivity index (χ3v) is 4.90. The SMILES string of the molecule is O=C(NC1CC1)c1ccccc1NS(=O)(=O)C=Cc1ccc(Cl)cc1. The molecule has 0 spiro atoms. The van der Waals surface area contributed by atoms with Crippen LogP contribution in [0.1, 0.15) is 28.8 Å². The van der Waals surface area contributed by atoms with Crippen molar-refractivity contribution in [2.45, 2.75) is 18.9 Å². The van der Waals surface area contributed by atoms with Crippen molar-refractivity contribution in [2.75, 3.05) is 4.72 Å². The maximum atomic E-state index is 12.3. The lowest BCUT2D eigenvalue weighted by molar-refractivity contribution is 0.0952. The Morgan fingerprint density at radius 1 is 1.08 bits per heavy atom. The Labute approximate surface area is 151 Å². The van der Waals surface area contributed by atoms with Crippen LogP contribution >= 0.6 is 11.6 Å². The highest BCUT2D eigenvalue weighted by molar-refractivity contribution is 7.95. The molecule has 1 aliphatic carbocycles. The van der Waals surface area contributed by atoms with Gasteiger partial charge in [-0.05, 0) is 48.7 Å². The number of carbonyl (C=O) groups is 1. The topological polar surface area (TPSA) is 75.3 Å². The lowest BCUT2D eigenvalue weighted by Crippen LogP contribution is -2.26. The zero-order valence-corrected chi connectivity index (χ0v) is 14.8. The molecule has 1 aliphatic rings. The Morgan fingerprint density at radius 2 is 1.76 bits per heavy atom. The van der Waals surface area contributed by atoms with Crippen molar-refractivity contribution in [3.8, 4) is 0 Å². The average molecular weight is 377 g/mol. The van der Waals surface area contributed by atoms with Gasteiger partial charge in [0.25, 0.3) is 15.9 Å². The highest BCUT2D eigenvalue weighted by Crippen LogP contribution is 2.22. The Balaban J connectivity index is 1.76. The lowest BCUT2D eigenvalue weighted by Gasteiger charge is -2.10. The first-order valence-corrected chi connectivity index (χ1v) is 9.72. The fourth-order valence-corrected chi connectivity index (χ4v) is 3.21. The number of carbonyl (C=O) groups excluding carboxylic acids is 1. The minimum Gasteiger partial charge on any atom is -0.349 e. The zero-order chi connectivity index (χ0) is 17.9. The third-order valence-electron chi connectivity index (χ3n) is 3.65. The summed E-state index contributed by atoms with van der Waals surface area (Å²) in [6.45, 7) is 0. The van der Waals surface area contributed by atoms with Gasteiger partial charge in [0, 0.05) is 11.1 Å². The fraction of sp³-hybridized carbons (Fsp3) is 0.167. The summed E-state index contributed by atoms with van der Waals surface area (Å²) in [6, 6.07) is 13.5. The van der Waals surface area contributed by atoms with Crippen molar-refractivity contribution in [1.29, 1.82) is 0 Å². The molecule has 0 unspecified atom stereocenters. The van der Waals surface area contributed by atoms with E-state index in [4.69, 9.17) is 11.6 Å². The van der Waals surface area contributed by atoms with Gasteiger partial charge in [0.05, 0.1) is 16.7 Å². The van der Waals surface area contributed by atoms with Crippen LogP contribution in [0.3, 0.4) is 0 Å². The Kier molecular flexibility index (Phi) is 5.11. The minimum atomic E-state index is -3.76. The maximum Gasteiger partial charge on any atom is 0.255 e. The number of hydrogen-bond acceptors (Lipinski definition) is 3. The summed E-state index contributed by atoms with van der Waals surface area (Å²) in [5.74, 6) is -0.275. The zero-order valence-electron chi connectivity index (χ0n) is 13.3. The smallest absolute Gasteiger partial charge is 0.255 e. The standard InChI is InChI=1S/C18H17ClN2O3S/c19-14-7-5-13(6-8-14)11-12-25(23,24)21-17-4-2-1-3-16(17)18(22)20-15-9-10-15/h1-8,11-12,15,21H,9-10H2,(H,20,22). The van der Waals surface area contributed by atoms with Gasteiger partial charge in [-0.15, -0.1) is 0 Å². The molecule has 1 fully saturated rings. The van der Waals surface area contributed by atoms with Gasteiger partial charge in [0.15, 0.2) is 0 Å². The molecular formula is C18H17ClN2O3S. The summed E-state index contributed by atoms with van der Waals surface area (Å²) in [6.07, 6.45) is 3.39. The molecule has 130 valence electrons. The molecule has 1 saturated carbocycles. The van der Waals surface area contributed by atoms with Crippen LogP contribution in [0.2, 0.25) is 5.02 Å². The largest absolute Gasteiger partial charge is 0.349 e. The molecule has 0 atom stereocenters. The van der Waals surface area contributed by atoms with Crippen LogP contribution in [0, 0.1) is 0 Å². The Morgan fingerprint density at radius 3 is 2.44 bits per heavy atom.